The van der Waals surface area contributed by atoms with Crippen LogP contribution in [0.3, 0.4) is 0 Å². The molecule has 0 aliphatic rings. The first-order chi connectivity index (χ1) is 11.7. The molecular weight excluding hydrogens is 301 g/mol. The topological polar surface area (TPSA) is 30.7 Å². The molecule has 2 heterocycles. The lowest BCUT2D eigenvalue weighted by atomic mass is 10.0. The van der Waals surface area contributed by atoms with E-state index in [0.29, 0.717) is 0 Å². The highest BCUT2D eigenvalue weighted by Gasteiger charge is 2.14. The number of benzene rings is 2. The maximum atomic E-state index is 13.2. The number of halogens is 1. The van der Waals surface area contributed by atoms with Gasteiger partial charge in [-0.05, 0) is 36.1 Å². The summed E-state index contributed by atoms with van der Waals surface area (Å²) in [6.45, 7) is 2.09. The van der Waals surface area contributed by atoms with Gasteiger partial charge in [-0.3, -0.25) is 4.98 Å². The Morgan fingerprint density at radius 2 is 1.79 bits per heavy atom. The molecule has 0 radical (unpaired) electrons. The van der Waals surface area contributed by atoms with Crippen LogP contribution in [-0.4, -0.2) is 14.5 Å². The number of hydrogen-bond donors (Lipinski definition) is 0. The molecule has 2 aromatic heterocycles. The summed E-state index contributed by atoms with van der Waals surface area (Å²) in [5.41, 5.74) is 3.18. The Bertz CT molecular complexity index is 984. The van der Waals surface area contributed by atoms with E-state index in [1.807, 2.05) is 43.0 Å². The molecule has 24 heavy (non-hydrogen) atoms. The van der Waals surface area contributed by atoms with E-state index < -0.39 is 0 Å². The van der Waals surface area contributed by atoms with Crippen molar-refractivity contribution >= 4 is 10.8 Å². The highest BCUT2D eigenvalue weighted by molar-refractivity contribution is 5.95. The van der Waals surface area contributed by atoms with E-state index in [2.05, 4.69) is 33.6 Å². The summed E-state index contributed by atoms with van der Waals surface area (Å²) >= 11 is 0. The van der Waals surface area contributed by atoms with Crippen molar-refractivity contribution in [1.82, 2.24) is 14.5 Å². The van der Waals surface area contributed by atoms with Gasteiger partial charge in [0.25, 0.3) is 0 Å². The van der Waals surface area contributed by atoms with Gasteiger partial charge in [0.2, 0.25) is 0 Å². The van der Waals surface area contributed by atoms with Gasteiger partial charge in [0.1, 0.15) is 5.82 Å². The Balaban J connectivity index is 1.84. The zero-order valence-corrected chi connectivity index (χ0v) is 13.2. The zero-order valence-electron chi connectivity index (χ0n) is 13.2. The van der Waals surface area contributed by atoms with Crippen LogP contribution in [0.1, 0.15) is 18.5 Å². The van der Waals surface area contributed by atoms with Crippen LogP contribution in [0.5, 0.6) is 0 Å². The number of hydrogen-bond acceptors (Lipinski definition) is 2. The van der Waals surface area contributed by atoms with Crippen LogP contribution in [0.15, 0.2) is 73.4 Å². The first-order valence-corrected chi connectivity index (χ1v) is 7.84. The number of rotatable bonds is 3. The van der Waals surface area contributed by atoms with E-state index >= 15 is 0 Å². The fourth-order valence-corrected chi connectivity index (χ4v) is 3.07. The highest BCUT2D eigenvalue weighted by Crippen LogP contribution is 2.31. The molecule has 0 aliphatic carbocycles. The monoisotopic (exact) mass is 317 g/mol. The van der Waals surface area contributed by atoms with Crippen LogP contribution < -0.4 is 0 Å². The highest BCUT2D eigenvalue weighted by atomic mass is 19.1. The summed E-state index contributed by atoms with van der Waals surface area (Å²) in [4.78, 5) is 8.53. The van der Waals surface area contributed by atoms with Crippen molar-refractivity contribution in [2.24, 2.45) is 0 Å². The van der Waals surface area contributed by atoms with Crippen LogP contribution in [-0.2, 0) is 0 Å². The van der Waals surface area contributed by atoms with Crippen LogP contribution in [0, 0.1) is 5.82 Å². The second-order valence-electron chi connectivity index (χ2n) is 5.82. The van der Waals surface area contributed by atoms with Crippen LogP contribution in [0.25, 0.3) is 22.0 Å². The van der Waals surface area contributed by atoms with Gasteiger partial charge in [-0.1, -0.05) is 30.3 Å². The quantitative estimate of drug-likeness (QED) is 0.541. The summed E-state index contributed by atoms with van der Waals surface area (Å²) in [5.74, 6) is -0.224. The molecular formula is C20H16FN3. The van der Waals surface area contributed by atoms with Gasteiger partial charge in [-0.15, -0.1) is 0 Å². The van der Waals surface area contributed by atoms with E-state index in [0.717, 1.165) is 27.6 Å². The molecule has 4 heteroatoms. The first-order valence-electron chi connectivity index (χ1n) is 7.84. The molecule has 0 spiro atoms. The molecule has 0 saturated heterocycles. The molecule has 0 aliphatic heterocycles. The summed E-state index contributed by atoms with van der Waals surface area (Å²) in [6.07, 6.45) is 7.36. The van der Waals surface area contributed by atoms with Crippen molar-refractivity contribution < 1.29 is 4.39 Å². The molecule has 0 bridgehead atoms. The average molecular weight is 317 g/mol. The maximum absolute atomic E-state index is 13.2. The summed E-state index contributed by atoms with van der Waals surface area (Å²) in [6, 6.07) is 14.9. The molecule has 0 unspecified atom stereocenters. The predicted octanol–water partition coefficient (Wildman–Crippen LogP) is 4.85. The number of fused-ring (bicyclic) bond motifs is 1. The Morgan fingerprint density at radius 3 is 2.62 bits per heavy atom. The number of pyridine rings is 1. The molecule has 0 saturated carbocycles. The summed E-state index contributed by atoms with van der Waals surface area (Å²) in [7, 11) is 0. The molecule has 0 N–H and O–H groups in total. The van der Waals surface area contributed by atoms with E-state index in [1.54, 1.807) is 6.20 Å². The van der Waals surface area contributed by atoms with Crippen molar-refractivity contribution in [3.8, 4) is 11.3 Å². The molecule has 2 aromatic carbocycles. The smallest absolute Gasteiger partial charge is 0.123 e. The fraction of sp³-hybridized carbons (Fsp3) is 0.100. The van der Waals surface area contributed by atoms with Gasteiger partial charge >= 0.3 is 0 Å². The van der Waals surface area contributed by atoms with Crippen LogP contribution in [0.2, 0.25) is 0 Å². The molecule has 4 rings (SSSR count). The lowest BCUT2D eigenvalue weighted by Gasteiger charge is -2.18. The van der Waals surface area contributed by atoms with Crippen molar-refractivity contribution in [2.75, 3.05) is 0 Å². The Morgan fingerprint density at radius 1 is 0.958 bits per heavy atom. The minimum atomic E-state index is -0.224. The van der Waals surface area contributed by atoms with Crippen molar-refractivity contribution in [3.05, 3.63) is 84.8 Å². The second kappa shape index (κ2) is 5.89. The van der Waals surface area contributed by atoms with Crippen LogP contribution >= 0.6 is 0 Å². The number of imidazole rings is 1. The first kappa shape index (κ1) is 14.6. The van der Waals surface area contributed by atoms with Gasteiger partial charge in [0.05, 0.1) is 24.3 Å². The van der Waals surface area contributed by atoms with Gasteiger partial charge in [0, 0.05) is 23.3 Å². The van der Waals surface area contributed by atoms with E-state index in [1.165, 1.54) is 12.1 Å². The molecule has 0 fully saturated rings. The minimum absolute atomic E-state index is 0.0557. The SMILES string of the molecule is C[C@H](c1ccc(F)cc1)n1cncc1-c1cccc2cnccc12. The summed E-state index contributed by atoms with van der Waals surface area (Å²) in [5, 5.41) is 2.23. The predicted molar refractivity (Wildman–Crippen MR) is 93.2 cm³/mol. The Kier molecular flexibility index (Phi) is 3.58. The molecule has 4 aromatic rings. The Hall–Kier alpha value is -3.01. The average Bonchev–Trinajstić information content (AvgIpc) is 3.11. The standard InChI is InChI=1S/C20H16FN3/c1-14(15-5-7-17(21)8-6-15)24-13-23-12-20(24)19-4-2-3-16-11-22-10-9-18(16)19/h2-14H,1H3/t14-/m1/s1. The van der Waals surface area contributed by atoms with Crippen molar-refractivity contribution in [3.63, 3.8) is 0 Å². The van der Waals surface area contributed by atoms with E-state index in [4.69, 9.17) is 0 Å². The second-order valence-corrected chi connectivity index (χ2v) is 5.82. The van der Waals surface area contributed by atoms with E-state index in [-0.39, 0.29) is 11.9 Å². The lowest BCUT2D eigenvalue weighted by molar-refractivity contribution is 0.617. The maximum Gasteiger partial charge on any atom is 0.123 e. The number of nitrogens with zero attached hydrogens (tertiary/aromatic N) is 3. The van der Waals surface area contributed by atoms with Gasteiger partial charge in [-0.25, -0.2) is 9.37 Å². The fourth-order valence-electron chi connectivity index (χ4n) is 3.07. The lowest BCUT2D eigenvalue weighted by Crippen LogP contribution is -2.07. The molecule has 118 valence electrons. The third-order valence-corrected chi connectivity index (χ3v) is 4.39. The zero-order chi connectivity index (χ0) is 16.5. The Labute approximate surface area is 139 Å². The summed E-state index contributed by atoms with van der Waals surface area (Å²) < 4.78 is 15.3. The van der Waals surface area contributed by atoms with Crippen LogP contribution in [0.4, 0.5) is 4.39 Å². The van der Waals surface area contributed by atoms with Crippen molar-refractivity contribution in [1.29, 1.82) is 0 Å². The third kappa shape index (κ3) is 2.46. The van der Waals surface area contributed by atoms with Gasteiger partial charge in [-0.2, -0.15) is 0 Å². The van der Waals surface area contributed by atoms with Gasteiger partial charge in [0.15, 0.2) is 0 Å². The molecule has 3 nitrogen and oxygen atoms in total. The molecule has 1 atom stereocenters. The third-order valence-electron chi connectivity index (χ3n) is 4.39. The normalized spacial score (nSPS) is 12.4. The molecule has 0 amide bonds. The minimum Gasteiger partial charge on any atom is -0.323 e. The number of aromatic nitrogens is 3. The van der Waals surface area contributed by atoms with E-state index in [9.17, 15) is 4.39 Å². The largest absolute Gasteiger partial charge is 0.323 e. The van der Waals surface area contributed by atoms with Gasteiger partial charge < -0.3 is 4.57 Å². The van der Waals surface area contributed by atoms with Crippen molar-refractivity contribution in [2.45, 2.75) is 13.0 Å².